The van der Waals surface area contributed by atoms with Gasteiger partial charge < -0.3 is 10.1 Å². The fraction of sp³-hybridized carbons (Fsp3) is 0. The molecule has 0 saturated heterocycles. The van der Waals surface area contributed by atoms with Gasteiger partial charge in [0.15, 0.2) is 11.4 Å². The molecule has 0 unspecified atom stereocenters. The Hall–Kier alpha value is -3.97. The molecule has 0 saturated carbocycles. The Balaban J connectivity index is 1.83. The van der Waals surface area contributed by atoms with Crippen LogP contribution in [0.5, 0.6) is 11.5 Å². The number of aromatic nitrogens is 1. The quantitative estimate of drug-likeness (QED) is 0.347. The smallest absolute Gasteiger partial charge is 0.278 e. The molecule has 3 N–H and O–H groups in total. The van der Waals surface area contributed by atoms with Gasteiger partial charge in [-0.05, 0) is 42.0 Å². The number of nitrogens with one attached hydrogen (secondary N) is 2. The Labute approximate surface area is 161 Å². The maximum Gasteiger partial charge on any atom is 0.278 e. The number of nitrogens with zero attached hydrogens (tertiary/aromatic N) is 1. The molecule has 28 heavy (non-hydrogen) atoms. The molecule has 2 amide bonds. The second-order valence-electron chi connectivity index (χ2n) is 5.62. The Bertz CT molecular complexity index is 1000. The maximum atomic E-state index is 12.8. The number of benzene rings is 2. The van der Waals surface area contributed by atoms with E-state index in [0.29, 0.717) is 22.7 Å². The van der Waals surface area contributed by atoms with E-state index in [9.17, 15) is 9.59 Å². The van der Waals surface area contributed by atoms with Crippen LogP contribution in [0.15, 0.2) is 79.0 Å². The molecule has 2 aromatic carbocycles. The summed E-state index contributed by atoms with van der Waals surface area (Å²) in [5.41, 5.74) is 2.70. The highest BCUT2D eigenvalue weighted by molar-refractivity contribution is 6.06. The first-order valence-corrected chi connectivity index (χ1v) is 8.38. The molecule has 0 spiro atoms. The predicted octanol–water partition coefficient (Wildman–Crippen LogP) is 3.64. The molecular weight excluding hydrogens is 358 g/mol. The van der Waals surface area contributed by atoms with Gasteiger partial charge in [-0.25, -0.2) is 10.5 Å². The van der Waals surface area contributed by atoms with Crippen molar-refractivity contribution >= 4 is 23.6 Å². The van der Waals surface area contributed by atoms with E-state index < -0.39 is 11.8 Å². The maximum absolute atomic E-state index is 12.8. The minimum atomic E-state index is -0.676. The zero-order chi connectivity index (χ0) is 19.8. The average molecular weight is 375 g/mol. The Morgan fingerprint density at radius 3 is 2.50 bits per heavy atom. The van der Waals surface area contributed by atoms with Crippen LogP contribution in [-0.4, -0.2) is 22.0 Å². The second-order valence-corrected chi connectivity index (χ2v) is 5.62. The largest absolute Gasteiger partial charge is 0.455 e. The monoisotopic (exact) mass is 375 g/mol. The standard InChI is InChI=1S/C21H17N3O4/c25-19(24-27)13-12-15-7-4-5-10-17(15)23-21(26)20-18(11-6-14-22-20)28-16-8-2-1-3-9-16/h1-14,27H,(H,23,26)(H,24,25)/b13-12+. The highest BCUT2D eigenvalue weighted by Crippen LogP contribution is 2.25. The van der Waals surface area contributed by atoms with Crippen molar-refractivity contribution in [2.24, 2.45) is 0 Å². The normalized spacial score (nSPS) is 10.5. The molecule has 3 rings (SSSR count). The third kappa shape index (κ3) is 4.80. The van der Waals surface area contributed by atoms with Crippen molar-refractivity contribution in [1.29, 1.82) is 0 Å². The molecule has 7 nitrogen and oxygen atoms in total. The lowest BCUT2D eigenvalue weighted by molar-refractivity contribution is -0.124. The molecule has 0 bridgehead atoms. The van der Waals surface area contributed by atoms with Crippen LogP contribution in [0.4, 0.5) is 5.69 Å². The molecule has 0 aliphatic carbocycles. The van der Waals surface area contributed by atoms with E-state index >= 15 is 0 Å². The van der Waals surface area contributed by atoms with Gasteiger partial charge in [-0.1, -0.05) is 36.4 Å². The van der Waals surface area contributed by atoms with Crippen LogP contribution < -0.4 is 15.5 Å². The van der Waals surface area contributed by atoms with Crippen molar-refractivity contribution in [3.63, 3.8) is 0 Å². The lowest BCUT2D eigenvalue weighted by Gasteiger charge is -2.12. The van der Waals surface area contributed by atoms with Gasteiger partial charge in [0, 0.05) is 18.0 Å². The number of carbonyl (C=O) groups is 2. The van der Waals surface area contributed by atoms with E-state index in [1.807, 2.05) is 18.2 Å². The predicted molar refractivity (Wildman–Crippen MR) is 104 cm³/mol. The number of para-hydroxylation sites is 2. The fourth-order valence-corrected chi connectivity index (χ4v) is 2.40. The van der Waals surface area contributed by atoms with Crippen LogP contribution in [0.3, 0.4) is 0 Å². The number of anilines is 1. The van der Waals surface area contributed by atoms with Crippen molar-refractivity contribution < 1.29 is 19.5 Å². The Kier molecular flexibility index (Phi) is 6.12. The molecule has 0 fully saturated rings. The zero-order valence-electron chi connectivity index (χ0n) is 14.7. The van der Waals surface area contributed by atoms with Gasteiger partial charge in [0.2, 0.25) is 0 Å². The summed E-state index contributed by atoms with van der Waals surface area (Å²) in [6.45, 7) is 0. The molecule has 0 atom stereocenters. The number of hydrogen-bond acceptors (Lipinski definition) is 5. The lowest BCUT2D eigenvalue weighted by atomic mass is 10.1. The van der Waals surface area contributed by atoms with Gasteiger partial charge in [-0.3, -0.25) is 14.8 Å². The summed E-state index contributed by atoms with van der Waals surface area (Å²) >= 11 is 0. The van der Waals surface area contributed by atoms with Gasteiger partial charge in [-0.15, -0.1) is 0 Å². The van der Waals surface area contributed by atoms with Gasteiger partial charge in [0.25, 0.3) is 11.8 Å². The number of hydroxylamine groups is 1. The zero-order valence-corrected chi connectivity index (χ0v) is 14.7. The van der Waals surface area contributed by atoms with Crippen molar-refractivity contribution in [1.82, 2.24) is 10.5 Å². The summed E-state index contributed by atoms with van der Waals surface area (Å²) in [7, 11) is 0. The first kappa shape index (κ1) is 18.8. The van der Waals surface area contributed by atoms with Crippen LogP contribution in [0.25, 0.3) is 6.08 Å². The summed E-state index contributed by atoms with van der Waals surface area (Å²) in [6, 6.07) is 19.3. The first-order chi connectivity index (χ1) is 13.7. The molecule has 1 aromatic heterocycles. The highest BCUT2D eigenvalue weighted by Gasteiger charge is 2.16. The number of carbonyl (C=O) groups excluding carboxylic acids is 2. The average Bonchev–Trinajstić information content (AvgIpc) is 2.74. The van der Waals surface area contributed by atoms with E-state index in [4.69, 9.17) is 9.94 Å². The molecule has 140 valence electrons. The van der Waals surface area contributed by atoms with Crippen LogP contribution >= 0.6 is 0 Å². The molecule has 3 aromatic rings. The topological polar surface area (TPSA) is 101 Å². The van der Waals surface area contributed by atoms with Crippen molar-refractivity contribution in [3.8, 4) is 11.5 Å². The minimum absolute atomic E-state index is 0.123. The van der Waals surface area contributed by atoms with E-state index in [0.717, 1.165) is 6.08 Å². The second kappa shape index (κ2) is 9.11. The number of ether oxygens (including phenoxy) is 1. The third-order valence-corrected chi connectivity index (χ3v) is 3.69. The number of hydrogen-bond donors (Lipinski definition) is 3. The van der Waals surface area contributed by atoms with Crippen LogP contribution in [0.1, 0.15) is 16.1 Å². The van der Waals surface area contributed by atoms with E-state index in [1.165, 1.54) is 17.8 Å². The van der Waals surface area contributed by atoms with E-state index in [1.54, 1.807) is 48.5 Å². The van der Waals surface area contributed by atoms with Crippen molar-refractivity contribution in [2.75, 3.05) is 5.32 Å². The molecule has 0 aliphatic heterocycles. The van der Waals surface area contributed by atoms with E-state index in [2.05, 4.69) is 10.3 Å². The van der Waals surface area contributed by atoms with Crippen LogP contribution in [-0.2, 0) is 4.79 Å². The number of amides is 2. The summed E-state index contributed by atoms with van der Waals surface area (Å²) in [4.78, 5) is 28.1. The minimum Gasteiger partial charge on any atom is -0.455 e. The fourth-order valence-electron chi connectivity index (χ4n) is 2.40. The Morgan fingerprint density at radius 1 is 0.964 bits per heavy atom. The molecule has 0 aliphatic rings. The van der Waals surface area contributed by atoms with E-state index in [-0.39, 0.29) is 5.69 Å². The van der Waals surface area contributed by atoms with Crippen molar-refractivity contribution in [2.45, 2.75) is 0 Å². The van der Waals surface area contributed by atoms with Gasteiger partial charge in [-0.2, -0.15) is 0 Å². The van der Waals surface area contributed by atoms with Crippen LogP contribution in [0.2, 0.25) is 0 Å². The number of rotatable bonds is 6. The summed E-state index contributed by atoms with van der Waals surface area (Å²) in [6.07, 6.45) is 4.13. The third-order valence-electron chi connectivity index (χ3n) is 3.69. The summed E-state index contributed by atoms with van der Waals surface area (Å²) in [5, 5.41) is 11.4. The molecule has 7 heteroatoms. The SMILES string of the molecule is O=C(/C=C/c1ccccc1NC(=O)c1ncccc1Oc1ccccc1)NO. The van der Waals surface area contributed by atoms with Crippen LogP contribution in [0, 0.1) is 0 Å². The Morgan fingerprint density at radius 2 is 1.71 bits per heavy atom. The van der Waals surface area contributed by atoms with Gasteiger partial charge >= 0.3 is 0 Å². The lowest BCUT2D eigenvalue weighted by Crippen LogP contribution is -2.16. The summed E-state index contributed by atoms with van der Waals surface area (Å²) in [5.74, 6) is -0.231. The highest BCUT2D eigenvalue weighted by atomic mass is 16.5. The number of pyridine rings is 1. The van der Waals surface area contributed by atoms with Gasteiger partial charge in [0.05, 0.1) is 0 Å². The molecular formula is C21H17N3O4. The van der Waals surface area contributed by atoms with Gasteiger partial charge in [0.1, 0.15) is 5.75 Å². The van der Waals surface area contributed by atoms with Crippen molar-refractivity contribution in [3.05, 3.63) is 90.3 Å². The first-order valence-electron chi connectivity index (χ1n) is 8.38. The molecule has 1 heterocycles. The molecule has 0 radical (unpaired) electrons. The summed E-state index contributed by atoms with van der Waals surface area (Å²) < 4.78 is 5.77.